The number of carbonyl (C=O) groups excluding carboxylic acids is 2. The Balaban J connectivity index is 0.00000242. The van der Waals surface area contributed by atoms with Crippen LogP contribution in [-0.4, -0.2) is 92.1 Å². The van der Waals surface area contributed by atoms with Crippen molar-refractivity contribution in [3.8, 4) is 0 Å². The summed E-state index contributed by atoms with van der Waals surface area (Å²) in [6.45, 7) is 8.17. The smallest absolute Gasteiger partial charge is 0.236 e. The number of hydrogen-bond acceptors (Lipinski definition) is 5. The van der Waals surface area contributed by atoms with Crippen LogP contribution in [0.4, 0.5) is 0 Å². The number of nitrogens with two attached hydrogens (primary N) is 1. The molecule has 2 fully saturated rings. The highest BCUT2D eigenvalue weighted by Crippen LogP contribution is 2.08. The number of hydrogen-bond donors (Lipinski definition) is 1. The van der Waals surface area contributed by atoms with Crippen LogP contribution < -0.4 is 5.73 Å². The summed E-state index contributed by atoms with van der Waals surface area (Å²) in [7, 11) is 0. The van der Waals surface area contributed by atoms with Gasteiger partial charge in [-0.25, -0.2) is 0 Å². The highest BCUT2D eigenvalue weighted by atomic mass is 35.5. The molecule has 0 saturated carbocycles. The fourth-order valence-electron chi connectivity index (χ4n) is 2.64. The van der Waals surface area contributed by atoms with Crippen molar-refractivity contribution in [3.63, 3.8) is 0 Å². The van der Waals surface area contributed by atoms with E-state index < -0.39 is 0 Å². The zero-order valence-corrected chi connectivity index (χ0v) is 15.2. The van der Waals surface area contributed by atoms with Gasteiger partial charge in [0.25, 0.3) is 0 Å². The van der Waals surface area contributed by atoms with Crippen molar-refractivity contribution in [2.24, 2.45) is 11.7 Å². The molecular formula is C14H28Cl2N4O3. The van der Waals surface area contributed by atoms with Gasteiger partial charge in [0.2, 0.25) is 11.8 Å². The molecule has 0 bridgehead atoms. The van der Waals surface area contributed by atoms with Crippen LogP contribution in [0, 0.1) is 5.92 Å². The van der Waals surface area contributed by atoms with Crippen LogP contribution in [0.25, 0.3) is 0 Å². The molecule has 7 nitrogen and oxygen atoms in total. The molecule has 0 aliphatic carbocycles. The Labute approximate surface area is 150 Å². The molecule has 136 valence electrons. The Morgan fingerprint density at radius 3 is 2.09 bits per heavy atom. The molecule has 0 spiro atoms. The van der Waals surface area contributed by atoms with Gasteiger partial charge in [0.15, 0.2) is 0 Å². The highest BCUT2D eigenvalue weighted by Gasteiger charge is 2.26. The number of rotatable bonds is 4. The largest absolute Gasteiger partial charge is 0.378 e. The first kappa shape index (κ1) is 22.4. The van der Waals surface area contributed by atoms with E-state index in [-0.39, 0.29) is 42.5 Å². The lowest BCUT2D eigenvalue weighted by molar-refractivity contribution is -0.139. The monoisotopic (exact) mass is 370 g/mol. The molecule has 23 heavy (non-hydrogen) atoms. The summed E-state index contributed by atoms with van der Waals surface area (Å²) < 4.78 is 5.25. The van der Waals surface area contributed by atoms with Crippen molar-refractivity contribution >= 4 is 36.6 Å². The molecule has 2 amide bonds. The van der Waals surface area contributed by atoms with E-state index in [2.05, 4.69) is 4.90 Å². The molecule has 0 radical (unpaired) electrons. The summed E-state index contributed by atoms with van der Waals surface area (Å²) in [5, 5.41) is 0. The van der Waals surface area contributed by atoms with Crippen LogP contribution in [0.5, 0.6) is 0 Å². The summed E-state index contributed by atoms with van der Waals surface area (Å²) in [5.41, 5.74) is 5.54. The lowest BCUT2D eigenvalue weighted by Gasteiger charge is -2.36. The van der Waals surface area contributed by atoms with Gasteiger partial charge in [0, 0.05) is 51.7 Å². The maximum Gasteiger partial charge on any atom is 0.236 e. The molecule has 2 rings (SSSR count). The topological polar surface area (TPSA) is 79.1 Å². The maximum atomic E-state index is 12.2. The molecule has 0 aromatic rings. The lowest BCUT2D eigenvalue weighted by atomic mass is 10.1. The Hall–Kier alpha value is -0.600. The molecule has 1 unspecified atom stereocenters. The number of carbonyl (C=O) groups is 2. The number of ether oxygens (including phenoxy) is 1. The number of piperazine rings is 1. The molecule has 2 heterocycles. The Morgan fingerprint density at radius 2 is 1.57 bits per heavy atom. The van der Waals surface area contributed by atoms with Crippen molar-refractivity contribution in [1.29, 1.82) is 0 Å². The molecule has 0 aromatic carbocycles. The minimum atomic E-state index is -0.119. The van der Waals surface area contributed by atoms with Gasteiger partial charge in [0.1, 0.15) is 0 Å². The lowest BCUT2D eigenvalue weighted by Crippen LogP contribution is -2.53. The molecule has 2 aliphatic heterocycles. The zero-order chi connectivity index (χ0) is 15.2. The van der Waals surface area contributed by atoms with Crippen LogP contribution in [0.3, 0.4) is 0 Å². The van der Waals surface area contributed by atoms with Crippen LogP contribution >= 0.6 is 24.8 Å². The fourth-order valence-corrected chi connectivity index (χ4v) is 2.64. The van der Waals surface area contributed by atoms with E-state index in [1.54, 1.807) is 0 Å². The average molecular weight is 371 g/mol. The Bertz CT molecular complexity index is 373. The third-order valence-corrected chi connectivity index (χ3v) is 4.18. The van der Waals surface area contributed by atoms with E-state index in [0.717, 1.165) is 13.1 Å². The normalized spacial score (nSPS) is 20.3. The standard InChI is InChI=1S/C14H26N4O3.2ClH/c1-12(10-15)14(20)18-4-2-16(3-5-18)11-13(19)17-6-8-21-9-7-17;;/h12H,2-11,15H2,1H3;2*1H. The van der Waals surface area contributed by atoms with Gasteiger partial charge >= 0.3 is 0 Å². The molecule has 1 atom stereocenters. The van der Waals surface area contributed by atoms with Gasteiger partial charge in [-0.05, 0) is 0 Å². The summed E-state index contributed by atoms with van der Waals surface area (Å²) in [5.74, 6) is 0.164. The van der Waals surface area contributed by atoms with Crippen LogP contribution in [-0.2, 0) is 14.3 Å². The third kappa shape index (κ3) is 6.43. The first-order chi connectivity index (χ1) is 10.1. The van der Waals surface area contributed by atoms with Crippen LogP contribution in [0.1, 0.15) is 6.92 Å². The van der Waals surface area contributed by atoms with Crippen molar-refractivity contribution in [1.82, 2.24) is 14.7 Å². The van der Waals surface area contributed by atoms with E-state index in [4.69, 9.17) is 10.5 Å². The van der Waals surface area contributed by atoms with Gasteiger partial charge in [-0.1, -0.05) is 6.92 Å². The Kier molecular flexibility index (Phi) is 10.8. The second-order valence-electron chi connectivity index (χ2n) is 5.73. The summed E-state index contributed by atoms with van der Waals surface area (Å²) in [6, 6.07) is 0. The van der Waals surface area contributed by atoms with E-state index in [9.17, 15) is 9.59 Å². The fraction of sp³-hybridized carbons (Fsp3) is 0.857. The number of morpholine rings is 1. The summed E-state index contributed by atoms with van der Waals surface area (Å²) in [4.78, 5) is 30.0. The number of amides is 2. The summed E-state index contributed by atoms with van der Waals surface area (Å²) >= 11 is 0. The minimum Gasteiger partial charge on any atom is -0.378 e. The van der Waals surface area contributed by atoms with Gasteiger partial charge < -0.3 is 20.3 Å². The predicted octanol–water partition coefficient (Wildman–Crippen LogP) is -0.572. The van der Waals surface area contributed by atoms with E-state index in [1.807, 2.05) is 16.7 Å². The van der Waals surface area contributed by atoms with Gasteiger partial charge in [0.05, 0.1) is 19.8 Å². The molecule has 2 N–H and O–H groups in total. The van der Waals surface area contributed by atoms with Crippen molar-refractivity contribution in [2.75, 3.05) is 65.6 Å². The number of halogens is 2. The first-order valence-corrected chi connectivity index (χ1v) is 7.68. The van der Waals surface area contributed by atoms with Crippen LogP contribution in [0.15, 0.2) is 0 Å². The zero-order valence-electron chi connectivity index (χ0n) is 13.6. The maximum absolute atomic E-state index is 12.2. The average Bonchev–Trinajstić information content (AvgIpc) is 2.55. The van der Waals surface area contributed by atoms with Gasteiger partial charge in [-0.3, -0.25) is 14.5 Å². The molecule has 2 saturated heterocycles. The molecule has 0 aromatic heterocycles. The quantitative estimate of drug-likeness (QED) is 0.716. The molecule has 9 heteroatoms. The van der Waals surface area contributed by atoms with E-state index in [1.165, 1.54) is 0 Å². The van der Waals surface area contributed by atoms with Crippen LogP contribution in [0.2, 0.25) is 0 Å². The molecular weight excluding hydrogens is 343 g/mol. The highest BCUT2D eigenvalue weighted by molar-refractivity contribution is 5.85. The van der Waals surface area contributed by atoms with Crippen molar-refractivity contribution in [2.45, 2.75) is 6.92 Å². The van der Waals surface area contributed by atoms with Crippen molar-refractivity contribution in [3.05, 3.63) is 0 Å². The second-order valence-corrected chi connectivity index (χ2v) is 5.73. The minimum absolute atomic E-state index is 0. The molecule has 2 aliphatic rings. The Morgan fingerprint density at radius 1 is 1.00 bits per heavy atom. The first-order valence-electron chi connectivity index (χ1n) is 7.68. The third-order valence-electron chi connectivity index (χ3n) is 4.18. The van der Waals surface area contributed by atoms with Gasteiger partial charge in [-0.15, -0.1) is 24.8 Å². The number of nitrogens with zero attached hydrogens (tertiary/aromatic N) is 3. The van der Waals surface area contributed by atoms with Crippen molar-refractivity contribution < 1.29 is 14.3 Å². The van der Waals surface area contributed by atoms with E-state index >= 15 is 0 Å². The second kappa shape index (κ2) is 11.0. The predicted molar refractivity (Wildman–Crippen MR) is 93.1 cm³/mol. The SMILES string of the molecule is CC(CN)C(=O)N1CCN(CC(=O)N2CCOCC2)CC1.Cl.Cl. The van der Waals surface area contributed by atoms with Gasteiger partial charge in [-0.2, -0.15) is 0 Å². The summed E-state index contributed by atoms with van der Waals surface area (Å²) in [6.07, 6.45) is 0. The van der Waals surface area contributed by atoms with E-state index in [0.29, 0.717) is 52.5 Å².